The predicted molar refractivity (Wildman–Crippen MR) is 70.4 cm³/mol. The fraction of sp³-hybridized carbons (Fsp3) is 0.250. The highest BCUT2D eigenvalue weighted by Gasteiger charge is 2.31. The molecule has 0 saturated heterocycles. The first-order chi connectivity index (χ1) is 10.1. The minimum absolute atomic E-state index is 0.301. The van der Waals surface area contributed by atoms with Gasteiger partial charge in [-0.3, -0.25) is 0 Å². The van der Waals surface area contributed by atoms with Gasteiger partial charge < -0.3 is 0 Å². The molecule has 0 aliphatic heterocycles. The van der Waals surface area contributed by atoms with Crippen molar-refractivity contribution in [3.63, 3.8) is 0 Å². The highest BCUT2D eigenvalue weighted by Crippen LogP contribution is 2.33. The number of benzene rings is 2. The van der Waals surface area contributed by atoms with Crippen molar-refractivity contribution in [2.45, 2.75) is 25.2 Å². The Morgan fingerprint density at radius 2 is 0.864 bits per heavy atom. The number of hydrogen-bond donors (Lipinski definition) is 0. The van der Waals surface area contributed by atoms with E-state index in [4.69, 9.17) is 0 Å². The average molecular weight is 318 g/mol. The van der Waals surface area contributed by atoms with Crippen molar-refractivity contribution in [3.8, 4) is 0 Å². The van der Waals surface area contributed by atoms with E-state index in [1.807, 2.05) is 0 Å². The van der Waals surface area contributed by atoms with Crippen LogP contribution in [0.15, 0.2) is 48.5 Å². The second kappa shape index (κ2) is 5.66. The Labute approximate surface area is 123 Å². The minimum atomic E-state index is -4.41. The molecule has 0 spiro atoms. The molecule has 0 N–H and O–H groups in total. The third-order valence-corrected chi connectivity index (χ3v) is 3.48. The molecule has 0 atom stereocenters. The predicted octanol–water partition coefficient (Wildman–Crippen LogP) is 5.88. The Hall–Kier alpha value is -1.98. The van der Waals surface area contributed by atoms with Gasteiger partial charge in [0.05, 0.1) is 11.1 Å². The van der Waals surface area contributed by atoms with Gasteiger partial charge in [-0.15, -0.1) is 0 Å². The lowest BCUT2D eigenvalue weighted by Gasteiger charge is -2.15. The summed E-state index contributed by atoms with van der Waals surface area (Å²) < 4.78 is 75.0. The Balaban J connectivity index is 2.23. The number of alkyl halides is 6. The van der Waals surface area contributed by atoms with Crippen molar-refractivity contribution in [1.29, 1.82) is 0 Å². The minimum Gasteiger partial charge on any atom is -0.166 e. The van der Waals surface area contributed by atoms with Gasteiger partial charge in [0, 0.05) is 5.92 Å². The third kappa shape index (κ3) is 3.61. The lowest BCUT2D eigenvalue weighted by atomic mass is 9.92. The van der Waals surface area contributed by atoms with Crippen LogP contribution in [0.5, 0.6) is 0 Å². The maximum atomic E-state index is 12.5. The molecule has 118 valence electrons. The lowest BCUT2D eigenvalue weighted by molar-refractivity contribution is -0.138. The number of halogens is 6. The van der Waals surface area contributed by atoms with Crippen molar-refractivity contribution in [2.24, 2.45) is 0 Å². The van der Waals surface area contributed by atoms with Gasteiger partial charge >= 0.3 is 12.4 Å². The number of rotatable bonds is 2. The molecule has 6 heteroatoms. The van der Waals surface area contributed by atoms with Crippen LogP contribution in [0.1, 0.15) is 35.1 Å². The molecule has 0 aromatic heterocycles. The molecular formula is C16H12F6. The van der Waals surface area contributed by atoms with Gasteiger partial charge in [-0.05, 0) is 35.4 Å². The monoisotopic (exact) mass is 318 g/mol. The highest BCUT2D eigenvalue weighted by molar-refractivity contribution is 5.36. The first-order valence-corrected chi connectivity index (χ1v) is 6.43. The smallest absolute Gasteiger partial charge is 0.166 e. The first-order valence-electron chi connectivity index (χ1n) is 6.43. The molecule has 0 fully saturated rings. The van der Waals surface area contributed by atoms with Gasteiger partial charge in [0.1, 0.15) is 0 Å². The summed E-state index contributed by atoms with van der Waals surface area (Å²) in [5.74, 6) is -0.301. The van der Waals surface area contributed by atoms with Crippen LogP contribution in [-0.2, 0) is 12.4 Å². The molecule has 0 aliphatic rings. The molecule has 2 rings (SSSR count). The maximum Gasteiger partial charge on any atom is 0.416 e. The van der Waals surface area contributed by atoms with Crippen molar-refractivity contribution < 1.29 is 26.3 Å². The van der Waals surface area contributed by atoms with E-state index in [2.05, 4.69) is 0 Å². The van der Waals surface area contributed by atoms with E-state index in [0.29, 0.717) is 11.1 Å². The molecule has 0 radical (unpaired) electrons. The molecule has 0 saturated carbocycles. The first kappa shape index (κ1) is 16.4. The Morgan fingerprint density at radius 1 is 0.591 bits per heavy atom. The van der Waals surface area contributed by atoms with E-state index >= 15 is 0 Å². The van der Waals surface area contributed by atoms with Crippen LogP contribution in [-0.4, -0.2) is 0 Å². The van der Waals surface area contributed by atoms with Crippen LogP contribution in [0.4, 0.5) is 26.3 Å². The standard InChI is InChI=1S/C16H12F6/c1-10(11-2-6-13(7-3-11)15(17,18)19)12-4-8-14(9-5-12)16(20,21)22/h2-10H,1H3. The van der Waals surface area contributed by atoms with Crippen LogP contribution in [0.25, 0.3) is 0 Å². The van der Waals surface area contributed by atoms with Gasteiger partial charge in [0.15, 0.2) is 0 Å². The Bertz CT molecular complexity index is 562. The van der Waals surface area contributed by atoms with E-state index in [1.165, 1.54) is 24.3 Å². The zero-order chi connectivity index (χ0) is 16.5. The average Bonchev–Trinajstić information content (AvgIpc) is 2.45. The fourth-order valence-electron chi connectivity index (χ4n) is 2.11. The summed E-state index contributed by atoms with van der Waals surface area (Å²) in [5, 5.41) is 0. The van der Waals surface area contributed by atoms with Gasteiger partial charge in [0.25, 0.3) is 0 Å². The van der Waals surface area contributed by atoms with Gasteiger partial charge in [-0.1, -0.05) is 31.2 Å². The SMILES string of the molecule is CC(c1ccc(C(F)(F)F)cc1)c1ccc(C(F)(F)F)cc1. The van der Waals surface area contributed by atoms with E-state index in [-0.39, 0.29) is 5.92 Å². The molecule has 0 amide bonds. The Kier molecular flexibility index (Phi) is 4.22. The molecule has 2 aromatic rings. The summed E-state index contributed by atoms with van der Waals surface area (Å²) >= 11 is 0. The summed E-state index contributed by atoms with van der Waals surface area (Å²) in [7, 11) is 0. The molecule has 0 aliphatic carbocycles. The molecule has 2 aromatic carbocycles. The van der Waals surface area contributed by atoms with Crippen LogP contribution < -0.4 is 0 Å². The van der Waals surface area contributed by atoms with Gasteiger partial charge in [0.2, 0.25) is 0 Å². The lowest BCUT2D eigenvalue weighted by Crippen LogP contribution is -2.06. The second-order valence-corrected chi connectivity index (χ2v) is 4.96. The van der Waals surface area contributed by atoms with Gasteiger partial charge in [-0.25, -0.2) is 0 Å². The van der Waals surface area contributed by atoms with E-state index < -0.39 is 23.5 Å². The summed E-state index contributed by atoms with van der Waals surface area (Å²) in [6.45, 7) is 1.73. The molecule has 0 heterocycles. The number of hydrogen-bond acceptors (Lipinski definition) is 0. The van der Waals surface area contributed by atoms with Crippen LogP contribution in [0, 0.1) is 0 Å². The summed E-state index contributed by atoms with van der Waals surface area (Å²) in [6.07, 6.45) is -8.81. The normalized spacial score (nSPS) is 12.7. The van der Waals surface area contributed by atoms with Crippen molar-refractivity contribution in [3.05, 3.63) is 70.8 Å². The van der Waals surface area contributed by atoms with Crippen molar-refractivity contribution in [2.75, 3.05) is 0 Å². The molecule has 0 bridgehead atoms. The summed E-state index contributed by atoms with van der Waals surface area (Å²) in [4.78, 5) is 0. The largest absolute Gasteiger partial charge is 0.416 e. The van der Waals surface area contributed by atoms with Crippen LogP contribution in [0.3, 0.4) is 0 Å². The Morgan fingerprint density at radius 3 is 1.09 bits per heavy atom. The maximum absolute atomic E-state index is 12.5. The van der Waals surface area contributed by atoms with E-state index in [9.17, 15) is 26.3 Å². The molecule has 0 unspecified atom stereocenters. The second-order valence-electron chi connectivity index (χ2n) is 4.96. The quantitative estimate of drug-likeness (QED) is 0.607. The fourth-order valence-corrected chi connectivity index (χ4v) is 2.11. The van der Waals surface area contributed by atoms with Crippen LogP contribution >= 0.6 is 0 Å². The van der Waals surface area contributed by atoms with Crippen molar-refractivity contribution >= 4 is 0 Å². The van der Waals surface area contributed by atoms with Gasteiger partial charge in [-0.2, -0.15) is 26.3 Å². The van der Waals surface area contributed by atoms with Crippen molar-refractivity contribution in [1.82, 2.24) is 0 Å². The zero-order valence-corrected chi connectivity index (χ0v) is 11.5. The van der Waals surface area contributed by atoms with E-state index in [1.54, 1.807) is 6.92 Å². The summed E-state index contributed by atoms with van der Waals surface area (Å²) in [5.41, 5.74) is -0.299. The topological polar surface area (TPSA) is 0 Å². The van der Waals surface area contributed by atoms with Crippen LogP contribution in [0.2, 0.25) is 0 Å². The molecular weight excluding hydrogens is 306 g/mol. The third-order valence-electron chi connectivity index (χ3n) is 3.48. The molecule has 22 heavy (non-hydrogen) atoms. The zero-order valence-electron chi connectivity index (χ0n) is 11.5. The molecule has 0 nitrogen and oxygen atoms in total. The van der Waals surface area contributed by atoms with E-state index in [0.717, 1.165) is 24.3 Å². The summed E-state index contributed by atoms with van der Waals surface area (Å²) in [6, 6.07) is 9.23. The highest BCUT2D eigenvalue weighted by atomic mass is 19.4.